The second kappa shape index (κ2) is 11.9. The van der Waals surface area contributed by atoms with Crippen LogP contribution in [0.2, 0.25) is 0 Å². The molecule has 0 aromatic carbocycles. The molecule has 1 saturated heterocycles. The van der Waals surface area contributed by atoms with Crippen LogP contribution in [-0.2, 0) is 13.1 Å². The second-order valence-electron chi connectivity index (χ2n) is 6.72. The number of guanidine groups is 1. The van der Waals surface area contributed by atoms with Crippen molar-refractivity contribution in [3.05, 3.63) is 48.4 Å². The fourth-order valence-corrected chi connectivity index (χ4v) is 3.23. The number of pyridine rings is 1. The van der Waals surface area contributed by atoms with E-state index in [2.05, 4.69) is 66.4 Å². The van der Waals surface area contributed by atoms with E-state index < -0.39 is 0 Å². The molecule has 2 aromatic heterocycles. The molecule has 3 rings (SSSR count). The van der Waals surface area contributed by atoms with Crippen molar-refractivity contribution in [3.8, 4) is 0 Å². The van der Waals surface area contributed by atoms with Gasteiger partial charge in [-0.15, -0.1) is 24.0 Å². The quantitative estimate of drug-likeness (QED) is 0.348. The Morgan fingerprint density at radius 1 is 1.11 bits per heavy atom. The van der Waals surface area contributed by atoms with Crippen LogP contribution in [0.25, 0.3) is 0 Å². The second-order valence-corrected chi connectivity index (χ2v) is 6.72. The molecule has 0 atom stereocenters. The summed E-state index contributed by atoms with van der Waals surface area (Å²) in [6.45, 7) is 10.1. The van der Waals surface area contributed by atoms with E-state index in [4.69, 9.17) is 0 Å². The van der Waals surface area contributed by atoms with Crippen LogP contribution in [0.3, 0.4) is 0 Å². The Labute approximate surface area is 185 Å². The van der Waals surface area contributed by atoms with Crippen molar-refractivity contribution in [1.29, 1.82) is 0 Å². The van der Waals surface area contributed by atoms with Crippen LogP contribution in [0.15, 0.2) is 47.8 Å². The van der Waals surface area contributed by atoms with Crippen LogP contribution in [0, 0.1) is 0 Å². The number of hydrogen-bond donors (Lipinski definition) is 2. The van der Waals surface area contributed by atoms with Crippen molar-refractivity contribution in [2.45, 2.75) is 20.0 Å². The summed E-state index contributed by atoms with van der Waals surface area (Å²) in [4.78, 5) is 13.8. The van der Waals surface area contributed by atoms with Crippen LogP contribution in [-0.4, -0.2) is 66.7 Å². The Morgan fingerprint density at radius 3 is 2.46 bits per heavy atom. The zero-order chi connectivity index (χ0) is 18.9. The molecule has 0 bridgehead atoms. The van der Waals surface area contributed by atoms with Gasteiger partial charge in [0.15, 0.2) is 5.96 Å². The summed E-state index contributed by atoms with van der Waals surface area (Å²) in [5, 5.41) is 6.68. The van der Waals surface area contributed by atoms with Gasteiger partial charge in [0.1, 0.15) is 5.82 Å². The molecule has 1 aliphatic heterocycles. The average Bonchev–Trinajstić information content (AvgIpc) is 3.24. The van der Waals surface area contributed by atoms with Crippen molar-refractivity contribution in [1.82, 2.24) is 25.1 Å². The maximum atomic E-state index is 4.66. The Hall–Kier alpha value is -1.81. The maximum Gasteiger partial charge on any atom is 0.191 e. The monoisotopic (exact) mass is 497 g/mol. The lowest BCUT2D eigenvalue weighted by molar-refractivity contribution is 0.270. The molecule has 1 aliphatic rings. The molecule has 2 N–H and O–H groups in total. The first-order valence-electron chi connectivity index (χ1n) is 9.76. The molecular formula is C20H32IN7. The Bertz CT molecular complexity index is 692. The van der Waals surface area contributed by atoms with Crippen LogP contribution in [0.5, 0.6) is 0 Å². The summed E-state index contributed by atoms with van der Waals surface area (Å²) >= 11 is 0. The molecule has 2 aromatic rings. The molecule has 0 saturated carbocycles. The van der Waals surface area contributed by atoms with Gasteiger partial charge in [0.2, 0.25) is 0 Å². The molecule has 0 amide bonds. The lowest BCUT2D eigenvalue weighted by Crippen LogP contribution is -2.46. The number of anilines is 1. The maximum absolute atomic E-state index is 4.66. The molecule has 0 radical (unpaired) electrons. The molecule has 8 heteroatoms. The summed E-state index contributed by atoms with van der Waals surface area (Å²) < 4.78 is 2.14. The summed E-state index contributed by atoms with van der Waals surface area (Å²) in [5.74, 6) is 1.88. The predicted octanol–water partition coefficient (Wildman–Crippen LogP) is 2.01. The van der Waals surface area contributed by atoms with E-state index in [-0.39, 0.29) is 24.0 Å². The van der Waals surface area contributed by atoms with Crippen molar-refractivity contribution >= 4 is 35.8 Å². The van der Waals surface area contributed by atoms with E-state index >= 15 is 0 Å². The van der Waals surface area contributed by atoms with Crippen molar-refractivity contribution in [3.63, 3.8) is 0 Å². The van der Waals surface area contributed by atoms with Gasteiger partial charge in [0.05, 0.1) is 0 Å². The number of aromatic nitrogens is 2. The number of hydrogen-bond acceptors (Lipinski definition) is 4. The standard InChI is InChI=1S/C20H31N7.HI/c1-3-25-12-14-27(15-13-25)19-7-6-18(16-23-19)17-24-20(21-2)22-8-11-26-9-4-5-10-26;/h4-7,9-10,16H,3,8,11-15,17H2,1-2H3,(H2,21,22,24);1H. The van der Waals surface area contributed by atoms with Gasteiger partial charge in [-0.3, -0.25) is 4.99 Å². The summed E-state index contributed by atoms with van der Waals surface area (Å²) in [7, 11) is 1.79. The first kappa shape index (κ1) is 22.5. The van der Waals surface area contributed by atoms with Crippen molar-refractivity contribution in [2.24, 2.45) is 4.99 Å². The molecule has 0 unspecified atom stereocenters. The number of nitrogens with zero attached hydrogens (tertiary/aromatic N) is 5. The van der Waals surface area contributed by atoms with E-state index in [0.29, 0.717) is 6.54 Å². The van der Waals surface area contributed by atoms with E-state index in [1.807, 2.05) is 18.3 Å². The number of likely N-dealkylation sites (N-methyl/N-ethyl adjacent to an activating group) is 1. The fourth-order valence-electron chi connectivity index (χ4n) is 3.23. The normalized spacial score (nSPS) is 15.2. The highest BCUT2D eigenvalue weighted by Crippen LogP contribution is 2.14. The van der Waals surface area contributed by atoms with Crippen LogP contribution in [0.4, 0.5) is 5.82 Å². The number of rotatable bonds is 7. The first-order chi connectivity index (χ1) is 13.3. The Balaban J connectivity index is 0.00000280. The minimum atomic E-state index is 0. The van der Waals surface area contributed by atoms with E-state index in [0.717, 1.165) is 63.2 Å². The summed E-state index contributed by atoms with van der Waals surface area (Å²) in [6, 6.07) is 8.34. The lowest BCUT2D eigenvalue weighted by atomic mass is 10.2. The third-order valence-electron chi connectivity index (χ3n) is 4.96. The van der Waals surface area contributed by atoms with Gasteiger partial charge in [-0.05, 0) is 30.3 Å². The zero-order valence-electron chi connectivity index (χ0n) is 16.8. The highest BCUT2D eigenvalue weighted by Gasteiger charge is 2.16. The van der Waals surface area contributed by atoms with Gasteiger partial charge in [0.25, 0.3) is 0 Å². The topological polar surface area (TPSA) is 60.7 Å². The fraction of sp³-hybridized carbons (Fsp3) is 0.500. The molecule has 28 heavy (non-hydrogen) atoms. The summed E-state index contributed by atoms with van der Waals surface area (Å²) in [5.41, 5.74) is 1.15. The molecule has 154 valence electrons. The average molecular weight is 497 g/mol. The molecule has 1 fully saturated rings. The molecular weight excluding hydrogens is 465 g/mol. The van der Waals surface area contributed by atoms with E-state index in [1.165, 1.54) is 0 Å². The molecule has 0 aliphatic carbocycles. The number of aliphatic imine (C=N–C) groups is 1. The minimum absolute atomic E-state index is 0. The molecule has 3 heterocycles. The van der Waals surface area contributed by atoms with E-state index in [1.54, 1.807) is 7.05 Å². The van der Waals surface area contributed by atoms with Gasteiger partial charge in [-0.25, -0.2) is 4.98 Å². The Kier molecular flexibility index (Phi) is 9.56. The minimum Gasteiger partial charge on any atom is -0.355 e. The summed E-state index contributed by atoms with van der Waals surface area (Å²) in [6.07, 6.45) is 6.09. The third kappa shape index (κ3) is 6.66. The SMILES string of the molecule is CCN1CCN(c2ccc(CNC(=NC)NCCn3cccc3)cn2)CC1.I. The van der Waals surface area contributed by atoms with E-state index in [9.17, 15) is 0 Å². The lowest BCUT2D eigenvalue weighted by Gasteiger charge is -2.34. The van der Waals surface area contributed by atoms with Gasteiger partial charge < -0.3 is 25.0 Å². The van der Waals surface area contributed by atoms with Gasteiger partial charge >= 0.3 is 0 Å². The first-order valence-corrected chi connectivity index (χ1v) is 9.76. The third-order valence-corrected chi connectivity index (χ3v) is 4.96. The molecule has 7 nitrogen and oxygen atoms in total. The predicted molar refractivity (Wildman–Crippen MR) is 127 cm³/mol. The van der Waals surface area contributed by atoms with Crippen LogP contribution in [0.1, 0.15) is 12.5 Å². The number of halogens is 1. The van der Waals surface area contributed by atoms with Gasteiger partial charge in [-0.2, -0.15) is 0 Å². The number of nitrogens with one attached hydrogen (secondary N) is 2. The highest BCUT2D eigenvalue weighted by molar-refractivity contribution is 14.0. The van der Waals surface area contributed by atoms with Gasteiger partial charge in [-0.1, -0.05) is 13.0 Å². The number of piperazine rings is 1. The smallest absolute Gasteiger partial charge is 0.191 e. The highest BCUT2D eigenvalue weighted by atomic mass is 127. The Morgan fingerprint density at radius 2 is 1.86 bits per heavy atom. The zero-order valence-corrected chi connectivity index (χ0v) is 19.2. The van der Waals surface area contributed by atoms with Gasteiger partial charge in [0, 0.05) is 71.5 Å². The largest absolute Gasteiger partial charge is 0.355 e. The van der Waals surface area contributed by atoms with Crippen LogP contribution < -0.4 is 15.5 Å². The van der Waals surface area contributed by atoms with Crippen LogP contribution >= 0.6 is 24.0 Å². The van der Waals surface area contributed by atoms with Crippen molar-refractivity contribution in [2.75, 3.05) is 51.2 Å². The molecule has 0 spiro atoms. The van der Waals surface area contributed by atoms with Crippen molar-refractivity contribution < 1.29 is 0 Å².